The monoisotopic (exact) mass is 306 g/mol. The molecule has 1 aromatic rings. The number of nitro groups is 1. The van der Waals surface area contributed by atoms with E-state index in [1.54, 1.807) is 6.07 Å². The molecular weight excluding hydrogens is 284 g/mol. The number of amides is 1. The maximum absolute atomic E-state index is 11.3. The lowest BCUT2D eigenvalue weighted by atomic mass is 9.92. The number of likely N-dealkylation sites (tertiary alicyclic amines) is 1. The summed E-state index contributed by atoms with van der Waals surface area (Å²) < 4.78 is 0. The molecule has 1 amide bonds. The number of hydrogen-bond acceptors (Lipinski definition) is 5. The Morgan fingerprint density at radius 3 is 2.82 bits per heavy atom. The van der Waals surface area contributed by atoms with Gasteiger partial charge in [0.2, 0.25) is 5.91 Å². The molecule has 1 aliphatic heterocycles. The highest BCUT2D eigenvalue weighted by Gasteiger charge is 2.27. The molecule has 2 atom stereocenters. The maximum Gasteiger partial charge on any atom is 0.274 e. The normalized spacial score (nSPS) is 22.5. The first-order valence-corrected chi connectivity index (χ1v) is 7.43. The maximum atomic E-state index is 11.3. The lowest BCUT2D eigenvalue weighted by Gasteiger charge is -2.37. The minimum absolute atomic E-state index is 0.0642. The van der Waals surface area contributed by atoms with Crippen molar-refractivity contribution >= 4 is 11.6 Å². The first-order valence-electron chi connectivity index (χ1n) is 7.43. The molecule has 0 aromatic heterocycles. The highest BCUT2D eigenvalue weighted by molar-refractivity contribution is 5.93. The number of primary amides is 1. The van der Waals surface area contributed by atoms with Gasteiger partial charge < -0.3 is 11.5 Å². The Balaban J connectivity index is 2.24. The van der Waals surface area contributed by atoms with Crippen molar-refractivity contribution in [2.75, 3.05) is 13.1 Å². The number of nitro benzene ring substituents is 1. The van der Waals surface area contributed by atoms with Crippen LogP contribution in [0.15, 0.2) is 18.2 Å². The van der Waals surface area contributed by atoms with Crippen molar-refractivity contribution in [3.63, 3.8) is 0 Å². The molecule has 1 aromatic carbocycles. The van der Waals surface area contributed by atoms with Gasteiger partial charge in [0.1, 0.15) is 0 Å². The Morgan fingerprint density at radius 1 is 1.50 bits per heavy atom. The summed E-state index contributed by atoms with van der Waals surface area (Å²) in [5.74, 6) is -0.0432. The lowest BCUT2D eigenvalue weighted by Crippen LogP contribution is -2.45. The number of nitrogens with zero attached hydrogens (tertiary/aromatic N) is 2. The second kappa shape index (κ2) is 6.85. The molecule has 22 heavy (non-hydrogen) atoms. The van der Waals surface area contributed by atoms with Gasteiger partial charge >= 0.3 is 0 Å². The number of benzene rings is 1. The fourth-order valence-electron chi connectivity index (χ4n) is 2.99. The predicted molar refractivity (Wildman–Crippen MR) is 83.3 cm³/mol. The van der Waals surface area contributed by atoms with E-state index in [0.717, 1.165) is 19.4 Å². The van der Waals surface area contributed by atoms with Crippen LogP contribution in [-0.2, 0) is 6.54 Å². The van der Waals surface area contributed by atoms with Gasteiger partial charge in [0.15, 0.2) is 0 Å². The summed E-state index contributed by atoms with van der Waals surface area (Å²) in [6, 6.07) is 4.64. The third kappa shape index (κ3) is 3.61. The van der Waals surface area contributed by atoms with Crippen LogP contribution in [0.1, 0.15) is 35.7 Å². The van der Waals surface area contributed by atoms with Crippen LogP contribution >= 0.6 is 0 Å². The molecule has 7 heteroatoms. The zero-order valence-electron chi connectivity index (χ0n) is 12.7. The number of piperidine rings is 1. The van der Waals surface area contributed by atoms with Crippen LogP contribution in [0.4, 0.5) is 5.69 Å². The quantitative estimate of drug-likeness (QED) is 0.627. The number of carbonyl (C=O) groups excluding carboxylic acids is 1. The average Bonchev–Trinajstić information content (AvgIpc) is 2.48. The average molecular weight is 306 g/mol. The van der Waals surface area contributed by atoms with Crippen LogP contribution in [-0.4, -0.2) is 34.9 Å². The summed E-state index contributed by atoms with van der Waals surface area (Å²) >= 11 is 0. The topological polar surface area (TPSA) is 115 Å². The van der Waals surface area contributed by atoms with Gasteiger partial charge in [-0.2, -0.15) is 0 Å². The molecular formula is C15H22N4O3. The van der Waals surface area contributed by atoms with Crippen molar-refractivity contribution in [3.8, 4) is 0 Å². The Bertz CT molecular complexity index is 576. The smallest absolute Gasteiger partial charge is 0.274 e. The van der Waals surface area contributed by atoms with Crippen LogP contribution in [0, 0.1) is 16.0 Å². The zero-order valence-corrected chi connectivity index (χ0v) is 12.7. The molecule has 0 aliphatic carbocycles. The van der Waals surface area contributed by atoms with Crippen molar-refractivity contribution < 1.29 is 9.72 Å². The summed E-state index contributed by atoms with van der Waals surface area (Å²) in [4.78, 5) is 24.2. The fourth-order valence-corrected chi connectivity index (χ4v) is 2.99. The summed E-state index contributed by atoms with van der Waals surface area (Å²) in [6.45, 7) is 4.07. The minimum atomic E-state index is -0.665. The van der Waals surface area contributed by atoms with Gasteiger partial charge in [0, 0.05) is 36.3 Å². The first-order chi connectivity index (χ1) is 10.4. The fraction of sp³-hybridized carbons (Fsp3) is 0.533. The molecule has 0 radical (unpaired) electrons. The van der Waals surface area contributed by atoms with E-state index in [1.165, 1.54) is 12.1 Å². The molecule has 4 N–H and O–H groups in total. The van der Waals surface area contributed by atoms with Crippen molar-refractivity contribution in [1.29, 1.82) is 0 Å². The highest BCUT2D eigenvalue weighted by Crippen LogP contribution is 2.27. The number of hydrogen-bond donors (Lipinski definition) is 2. The Labute approximate surface area is 129 Å². The van der Waals surface area contributed by atoms with Gasteiger partial charge in [-0.15, -0.1) is 0 Å². The van der Waals surface area contributed by atoms with E-state index in [1.807, 2.05) is 0 Å². The summed E-state index contributed by atoms with van der Waals surface area (Å²) in [5.41, 5.74) is 11.7. The highest BCUT2D eigenvalue weighted by atomic mass is 16.6. The summed E-state index contributed by atoms with van der Waals surface area (Å²) in [6.07, 6.45) is 2.06. The standard InChI is InChI=1S/C15H22N4O3/c1-10-4-5-18(13(6-10)8-16)9-12-3-2-11(15(17)20)7-14(12)19(21)22/h2-3,7,10,13H,4-6,8-9,16H2,1H3,(H2,17,20). The molecule has 120 valence electrons. The second-order valence-electron chi connectivity index (χ2n) is 5.95. The van der Waals surface area contributed by atoms with E-state index < -0.39 is 10.8 Å². The molecule has 1 saturated heterocycles. The molecule has 0 bridgehead atoms. The van der Waals surface area contributed by atoms with E-state index >= 15 is 0 Å². The Morgan fingerprint density at radius 2 is 2.23 bits per heavy atom. The van der Waals surface area contributed by atoms with Gasteiger partial charge in [-0.25, -0.2) is 0 Å². The molecule has 2 rings (SSSR count). The van der Waals surface area contributed by atoms with Crippen LogP contribution in [0.3, 0.4) is 0 Å². The third-order valence-electron chi connectivity index (χ3n) is 4.31. The van der Waals surface area contributed by atoms with Crippen LogP contribution in [0.25, 0.3) is 0 Å². The third-order valence-corrected chi connectivity index (χ3v) is 4.31. The van der Waals surface area contributed by atoms with E-state index in [-0.39, 0.29) is 17.3 Å². The molecule has 7 nitrogen and oxygen atoms in total. The van der Waals surface area contributed by atoms with Crippen molar-refractivity contribution in [2.45, 2.75) is 32.4 Å². The van der Waals surface area contributed by atoms with E-state index in [9.17, 15) is 14.9 Å². The molecule has 0 saturated carbocycles. The van der Waals surface area contributed by atoms with Gasteiger partial charge in [-0.05, 0) is 31.4 Å². The number of rotatable bonds is 5. The molecule has 2 unspecified atom stereocenters. The van der Waals surface area contributed by atoms with Crippen molar-refractivity contribution in [2.24, 2.45) is 17.4 Å². The van der Waals surface area contributed by atoms with E-state index in [4.69, 9.17) is 11.5 Å². The van der Waals surface area contributed by atoms with Gasteiger partial charge in [-0.3, -0.25) is 19.8 Å². The minimum Gasteiger partial charge on any atom is -0.366 e. The predicted octanol–water partition coefficient (Wildman–Crippen LogP) is 1.25. The van der Waals surface area contributed by atoms with E-state index in [0.29, 0.717) is 24.6 Å². The Kier molecular flexibility index (Phi) is 5.10. The van der Waals surface area contributed by atoms with Crippen LogP contribution in [0.2, 0.25) is 0 Å². The first kappa shape index (κ1) is 16.4. The largest absolute Gasteiger partial charge is 0.366 e. The molecule has 1 aliphatic rings. The second-order valence-corrected chi connectivity index (χ2v) is 5.95. The molecule has 0 spiro atoms. The van der Waals surface area contributed by atoms with Gasteiger partial charge in [0.05, 0.1) is 4.92 Å². The summed E-state index contributed by atoms with van der Waals surface area (Å²) in [5, 5.41) is 11.3. The van der Waals surface area contributed by atoms with E-state index in [2.05, 4.69) is 11.8 Å². The lowest BCUT2D eigenvalue weighted by molar-refractivity contribution is -0.385. The Hall–Kier alpha value is -1.99. The van der Waals surface area contributed by atoms with Crippen molar-refractivity contribution in [1.82, 2.24) is 4.90 Å². The molecule has 1 heterocycles. The summed E-state index contributed by atoms with van der Waals surface area (Å²) in [7, 11) is 0. The van der Waals surface area contributed by atoms with Gasteiger partial charge in [-0.1, -0.05) is 13.0 Å². The van der Waals surface area contributed by atoms with Crippen molar-refractivity contribution in [3.05, 3.63) is 39.4 Å². The SMILES string of the molecule is CC1CCN(Cc2ccc(C(N)=O)cc2[N+](=O)[O-])C(CN)C1. The van der Waals surface area contributed by atoms with Crippen LogP contribution in [0.5, 0.6) is 0 Å². The molecule has 1 fully saturated rings. The number of carbonyl (C=O) groups is 1. The number of nitrogens with two attached hydrogens (primary N) is 2. The zero-order chi connectivity index (χ0) is 16.3. The van der Waals surface area contributed by atoms with Gasteiger partial charge in [0.25, 0.3) is 5.69 Å². The van der Waals surface area contributed by atoms with Crippen LogP contribution < -0.4 is 11.5 Å².